The fourth-order valence-electron chi connectivity index (χ4n) is 1.57. The van der Waals surface area contributed by atoms with Crippen LogP contribution < -0.4 is 10.5 Å². The third-order valence-electron chi connectivity index (χ3n) is 2.97. The summed E-state index contributed by atoms with van der Waals surface area (Å²) in [7, 11) is -1.93. The molecule has 1 aromatic carbocycles. The Labute approximate surface area is 129 Å². The normalized spacial score (nSPS) is 12.6. The van der Waals surface area contributed by atoms with Gasteiger partial charge in [0, 0.05) is 30.4 Å². The molecule has 0 aliphatic heterocycles. The van der Waals surface area contributed by atoms with E-state index in [-0.39, 0.29) is 10.3 Å². The van der Waals surface area contributed by atoms with Gasteiger partial charge in [-0.25, -0.2) is 13.1 Å². The number of nitrogens with two attached hydrogens (primary N) is 1. The summed E-state index contributed by atoms with van der Waals surface area (Å²) in [6.45, 7) is 4.93. The maximum absolute atomic E-state index is 12.3. The number of rotatable bonds is 7. The lowest BCUT2D eigenvalue weighted by molar-refractivity contribution is 0.153. The van der Waals surface area contributed by atoms with Crippen molar-refractivity contribution in [3.63, 3.8) is 0 Å². The number of nitrogens with one attached hydrogen (secondary N) is 1. The van der Waals surface area contributed by atoms with E-state index in [4.69, 9.17) is 10.5 Å². The van der Waals surface area contributed by atoms with E-state index in [1.807, 2.05) is 13.8 Å². The third kappa shape index (κ3) is 5.05. The molecule has 5 nitrogen and oxygen atoms in total. The summed E-state index contributed by atoms with van der Waals surface area (Å²) in [6, 6.07) is 4.63. The van der Waals surface area contributed by atoms with E-state index < -0.39 is 10.0 Å². The second-order valence-electron chi connectivity index (χ2n) is 5.42. The van der Waals surface area contributed by atoms with E-state index in [1.54, 1.807) is 19.2 Å². The number of methoxy groups -OCH3 is 1. The highest BCUT2D eigenvalue weighted by Crippen LogP contribution is 2.25. The largest absolute Gasteiger partial charge is 0.399 e. The number of sulfonamides is 1. The van der Waals surface area contributed by atoms with Crippen LogP contribution >= 0.6 is 15.9 Å². The zero-order chi connectivity index (χ0) is 15.4. The number of benzene rings is 1. The van der Waals surface area contributed by atoms with Crippen molar-refractivity contribution >= 4 is 31.6 Å². The molecule has 0 fully saturated rings. The van der Waals surface area contributed by atoms with Crippen LogP contribution in [0.25, 0.3) is 0 Å². The van der Waals surface area contributed by atoms with Crippen molar-refractivity contribution in [3.8, 4) is 0 Å². The monoisotopic (exact) mass is 364 g/mol. The molecule has 1 aromatic rings. The van der Waals surface area contributed by atoms with Crippen LogP contribution in [0.1, 0.15) is 20.3 Å². The first-order valence-electron chi connectivity index (χ1n) is 6.21. The quantitative estimate of drug-likeness (QED) is 0.727. The summed E-state index contributed by atoms with van der Waals surface area (Å²) < 4.78 is 32.7. The van der Waals surface area contributed by atoms with Crippen LogP contribution in [-0.2, 0) is 14.8 Å². The molecule has 0 aliphatic rings. The van der Waals surface area contributed by atoms with Gasteiger partial charge in [-0.05, 0) is 46.0 Å². The number of hydrogen-bond acceptors (Lipinski definition) is 4. The highest BCUT2D eigenvalue weighted by atomic mass is 79.9. The molecule has 0 saturated carbocycles. The zero-order valence-electron chi connectivity index (χ0n) is 11.9. The van der Waals surface area contributed by atoms with Gasteiger partial charge in [-0.15, -0.1) is 0 Å². The van der Waals surface area contributed by atoms with Crippen molar-refractivity contribution in [3.05, 3.63) is 22.7 Å². The van der Waals surface area contributed by atoms with Crippen molar-refractivity contribution in [2.24, 2.45) is 5.41 Å². The van der Waals surface area contributed by atoms with Gasteiger partial charge in [0.05, 0.1) is 4.90 Å². The summed E-state index contributed by atoms with van der Waals surface area (Å²) in [6.07, 6.45) is 0.773. The van der Waals surface area contributed by atoms with Crippen LogP contribution in [0, 0.1) is 5.41 Å². The maximum atomic E-state index is 12.3. The van der Waals surface area contributed by atoms with E-state index >= 15 is 0 Å². The molecule has 1 rings (SSSR count). The Bertz CT molecular complexity index is 559. The molecule has 20 heavy (non-hydrogen) atoms. The molecule has 0 spiro atoms. The molecule has 7 heteroatoms. The summed E-state index contributed by atoms with van der Waals surface area (Å²) >= 11 is 3.23. The second-order valence-corrected chi connectivity index (χ2v) is 8.01. The molecular formula is C13H21BrN2O3S. The van der Waals surface area contributed by atoms with Crippen molar-refractivity contribution in [2.45, 2.75) is 25.2 Å². The Morgan fingerprint density at radius 2 is 2.05 bits per heavy atom. The molecule has 3 N–H and O–H groups in total. The molecule has 0 amide bonds. The first-order chi connectivity index (χ1) is 9.18. The molecule has 114 valence electrons. The molecule has 0 radical (unpaired) electrons. The first-order valence-corrected chi connectivity index (χ1v) is 8.49. The van der Waals surface area contributed by atoms with Crippen LogP contribution in [-0.4, -0.2) is 28.7 Å². The summed E-state index contributed by atoms with van der Waals surface area (Å²) in [5.41, 5.74) is 5.94. The van der Waals surface area contributed by atoms with E-state index in [0.717, 1.165) is 6.42 Å². The summed E-state index contributed by atoms with van der Waals surface area (Å²) in [5, 5.41) is 0. The molecular weight excluding hydrogens is 344 g/mol. The topological polar surface area (TPSA) is 81.4 Å². The fourth-order valence-corrected chi connectivity index (χ4v) is 3.90. The Balaban J connectivity index is 2.80. The van der Waals surface area contributed by atoms with Crippen molar-refractivity contribution in [2.75, 3.05) is 26.0 Å². The lowest BCUT2D eigenvalue weighted by Gasteiger charge is -2.24. The highest BCUT2D eigenvalue weighted by molar-refractivity contribution is 9.10. The minimum Gasteiger partial charge on any atom is -0.399 e. The molecule has 0 bridgehead atoms. The number of hydrogen-bond donors (Lipinski definition) is 2. The van der Waals surface area contributed by atoms with E-state index in [0.29, 0.717) is 23.3 Å². The molecule has 0 unspecified atom stereocenters. The van der Waals surface area contributed by atoms with Gasteiger partial charge >= 0.3 is 0 Å². The zero-order valence-corrected chi connectivity index (χ0v) is 14.3. The molecule has 0 atom stereocenters. The third-order valence-corrected chi connectivity index (χ3v) is 5.35. The van der Waals surface area contributed by atoms with E-state index in [2.05, 4.69) is 20.7 Å². The van der Waals surface area contributed by atoms with Gasteiger partial charge in [0.2, 0.25) is 10.0 Å². The first kappa shape index (κ1) is 17.4. The molecule has 0 aliphatic carbocycles. The van der Waals surface area contributed by atoms with Gasteiger partial charge in [0.25, 0.3) is 0 Å². The summed E-state index contributed by atoms with van der Waals surface area (Å²) in [4.78, 5) is 0.189. The lowest BCUT2D eigenvalue weighted by atomic mass is 9.90. The van der Waals surface area contributed by atoms with Gasteiger partial charge in [-0.2, -0.15) is 0 Å². The summed E-state index contributed by atoms with van der Waals surface area (Å²) in [5.74, 6) is 0. The predicted octanol–water partition coefficient (Wildman–Crippen LogP) is 2.37. The molecule has 0 aromatic heterocycles. The Hall–Kier alpha value is -0.630. The fraction of sp³-hybridized carbons (Fsp3) is 0.538. The highest BCUT2D eigenvalue weighted by Gasteiger charge is 2.23. The van der Waals surface area contributed by atoms with Crippen LogP contribution in [0.3, 0.4) is 0 Å². The van der Waals surface area contributed by atoms with Crippen molar-refractivity contribution in [1.29, 1.82) is 0 Å². The number of ether oxygens (including phenoxy) is 1. The SMILES string of the molecule is COCCC(C)(C)CNS(=O)(=O)c1ccc(N)cc1Br. The maximum Gasteiger partial charge on any atom is 0.241 e. The van der Waals surface area contributed by atoms with Crippen LogP contribution in [0.5, 0.6) is 0 Å². The Morgan fingerprint density at radius 1 is 1.40 bits per heavy atom. The minimum atomic E-state index is -3.56. The van der Waals surface area contributed by atoms with Gasteiger partial charge < -0.3 is 10.5 Å². The van der Waals surface area contributed by atoms with Crippen LogP contribution in [0.2, 0.25) is 0 Å². The van der Waals surface area contributed by atoms with Gasteiger partial charge in [-0.1, -0.05) is 13.8 Å². The molecule has 0 heterocycles. The number of halogens is 1. The Morgan fingerprint density at radius 3 is 2.60 bits per heavy atom. The Kier molecular flexibility index (Phi) is 6.00. The van der Waals surface area contributed by atoms with E-state index in [9.17, 15) is 8.42 Å². The lowest BCUT2D eigenvalue weighted by Crippen LogP contribution is -2.34. The minimum absolute atomic E-state index is 0.177. The van der Waals surface area contributed by atoms with Gasteiger partial charge in [0.15, 0.2) is 0 Å². The van der Waals surface area contributed by atoms with Crippen LogP contribution in [0.15, 0.2) is 27.6 Å². The second kappa shape index (κ2) is 6.89. The average Bonchev–Trinajstić information content (AvgIpc) is 2.34. The van der Waals surface area contributed by atoms with Crippen LogP contribution in [0.4, 0.5) is 5.69 Å². The smallest absolute Gasteiger partial charge is 0.241 e. The van der Waals surface area contributed by atoms with Gasteiger partial charge in [0.1, 0.15) is 0 Å². The number of anilines is 1. The predicted molar refractivity (Wildman–Crippen MR) is 84.0 cm³/mol. The van der Waals surface area contributed by atoms with E-state index in [1.165, 1.54) is 6.07 Å². The van der Waals surface area contributed by atoms with Crippen molar-refractivity contribution < 1.29 is 13.2 Å². The average molecular weight is 365 g/mol. The molecule has 0 saturated heterocycles. The van der Waals surface area contributed by atoms with Gasteiger partial charge in [-0.3, -0.25) is 0 Å². The number of nitrogen functional groups attached to an aromatic ring is 1. The van der Waals surface area contributed by atoms with Crippen molar-refractivity contribution in [1.82, 2.24) is 4.72 Å². The standard InChI is InChI=1S/C13H21BrN2O3S/c1-13(2,6-7-19-3)9-16-20(17,18)12-5-4-10(15)8-11(12)14/h4-5,8,16H,6-7,9,15H2,1-3H3.